The van der Waals surface area contributed by atoms with Crippen LogP contribution in [-0.4, -0.2) is 45.5 Å². The maximum atomic E-state index is 11.6. The fraction of sp³-hybridized carbons (Fsp3) is 0.300. The van der Waals surface area contributed by atoms with Crippen LogP contribution in [0.5, 0.6) is 11.5 Å². The van der Waals surface area contributed by atoms with Crippen LogP contribution in [0, 0.1) is 13.8 Å². The van der Waals surface area contributed by atoms with Crippen molar-refractivity contribution in [2.24, 2.45) is 0 Å². The van der Waals surface area contributed by atoms with Crippen LogP contribution in [0.2, 0.25) is 0 Å². The van der Waals surface area contributed by atoms with Crippen LogP contribution < -0.4 is 10.6 Å². The first kappa shape index (κ1) is 21.2. The topological polar surface area (TPSA) is 139 Å². The smallest absolute Gasteiger partial charge is 0.325 e. The zero-order valence-electron chi connectivity index (χ0n) is 15.6. The molecule has 0 saturated heterocycles. The first-order valence-corrected chi connectivity index (χ1v) is 8.72. The van der Waals surface area contributed by atoms with Crippen LogP contribution in [-0.2, 0) is 9.59 Å². The number of nitrogens with one attached hydrogen (secondary N) is 2. The molecule has 2 unspecified atom stereocenters. The maximum Gasteiger partial charge on any atom is 0.325 e. The largest absolute Gasteiger partial charge is 0.508 e. The van der Waals surface area contributed by atoms with Gasteiger partial charge < -0.3 is 20.4 Å². The maximum absolute atomic E-state index is 11.6. The SMILES string of the molecule is Cc1cc(O)ccc1C(NCCNC(C(=O)O)c1c(C)cccc1O)C(=O)O. The Labute approximate surface area is 162 Å². The second-order valence-electron chi connectivity index (χ2n) is 6.50. The third-order valence-electron chi connectivity index (χ3n) is 4.47. The van der Waals surface area contributed by atoms with Crippen LogP contribution in [0.25, 0.3) is 0 Å². The van der Waals surface area contributed by atoms with Crippen molar-refractivity contribution in [3.63, 3.8) is 0 Å². The molecule has 8 heteroatoms. The third-order valence-corrected chi connectivity index (χ3v) is 4.47. The third kappa shape index (κ3) is 4.99. The van der Waals surface area contributed by atoms with Crippen LogP contribution in [0.1, 0.15) is 34.3 Å². The number of aliphatic carboxylic acids is 2. The Bertz CT molecular complexity index is 848. The summed E-state index contributed by atoms with van der Waals surface area (Å²) in [4.78, 5) is 23.2. The van der Waals surface area contributed by atoms with Crippen molar-refractivity contribution < 1.29 is 30.0 Å². The molecule has 6 N–H and O–H groups in total. The van der Waals surface area contributed by atoms with Crippen molar-refractivity contribution >= 4 is 11.9 Å². The molecule has 8 nitrogen and oxygen atoms in total. The number of aryl methyl sites for hydroxylation is 2. The summed E-state index contributed by atoms with van der Waals surface area (Å²) in [5, 5.41) is 44.2. The molecule has 0 aliphatic carbocycles. The highest BCUT2D eigenvalue weighted by molar-refractivity contribution is 5.77. The summed E-state index contributed by atoms with van der Waals surface area (Å²) in [6.07, 6.45) is 0. The van der Waals surface area contributed by atoms with Crippen molar-refractivity contribution in [2.75, 3.05) is 13.1 Å². The van der Waals surface area contributed by atoms with Gasteiger partial charge in [0, 0.05) is 18.7 Å². The van der Waals surface area contributed by atoms with E-state index < -0.39 is 24.0 Å². The van der Waals surface area contributed by atoms with Gasteiger partial charge >= 0.3 is 11.9 Å². The highest BCUT2D eigenvalue weighted by Crippen LogP contribution is 2.27. The molecule has 2 aromatic carbocycles. The summed E-state index contributed by atoms with van der Waals surface area (Å²) in [7, 11) is 0. The van der Waals surface area contributed by atoms with E-state index in [1.54, 1.807) is 26.0 Å². The van der Waals surface area contributed by atoms with Gasteiger partial charge in [-0.15, -0.1) is 0 Å². The minimum atomic E-state index is -1.14. The zero-order valence-corrected chi connectivity index (χ0v) is 15.6. The molecule has 0 spiro atoms. The summed E-state index contributed by atoms with van der Waals surface area (Å²) in [6, 6.07) is 7.07. The average Bonchev–Trinajstić information content (AvgIpc) is 2.60. The number of benzene rings is 2. The number of carbonyl (C=O) groups is 2. The minimum Gasteiger partial charge on any atom is -0.508 e. The first-order chi connectivity index (χ1) is 13.2. The molecule has 0 aliphatic heterocycles. The van der Waals surface area contributed by atoms with Gasteiger partial charge in [-0.25, -0.2) is 0 Å². The molecule has 2 rings (SSSR count). The Balaban J connectivity index is 2.05. The van der Waals surface area contributed by atoms with Crippen LogP contribution >= 0.6 is 0 Å². The Morgan fingerprint density at radius 2 is 1.50 bits per heavy atom. The molecule has 0 bridgehead atoms. The van der Waals surface area contributed by atoms with E-state index in [9.17, 15) is 30.0 Å². The normalized spacial score (nSPS) is 13.1. The number of hydrogen-bond donors (Lipinski definition) is 6. The monoisotopic (exact) mass is 388 g/mol. The van der Waals surface area contributed by atoms with Gasteiger partial charge in [0.05, 0.1) is 0 Å². The molecule has 0 aliphatic rings. The lowest BCUT2D eigenvalue weighted by Gasteiger charge is -2.20. The van der Waals surface area contributed by atoms with Gasteiger partial charge in [0.25, 0.3) is 0 Å². The number of phenolic OH excluding ortho intramolecular Hbond substituents is 2. The van der Waals surface area contributed by atoms with Gasteiger partial charge in [-0.3, -0.25) is 20.2 Å². The molecule has 2 aromatic rings. The Morgan fingerprint density at radius 3 is 2.04 bits per heavy atom. The lowest BCUT2D eigenvalue weighted by atomic mass is 10.00. The number of aromatic hydroxyl groups is 2. The fourth-order valence-electron chi connectivity index (χ4n) is 3.10. The van der Waals surface area contributed by atoms with Gasteiger partial charge in [0.1, 0.15) is 23.6 Å². The fourth-order valence-corrected chi connectivity index (χ4v) is 3.10. The molecular weight excluding hydrogens is 364 g/mol. The summed E-state index contributed by atoms with van der Waals surface area (Å²) in [6.45, 7) is 3.74. The van der Waals surface area contributed by atoms with E-state index in [0.717, 1.165) is 0 Å². The Hall–Kier alpha value is -3.10. The van der Waals surface area contributed by atoms with Crippen molar-refractivity contribution in [2.45, 2.75) is 25.9 Å². The average molecular weight is 388 g/mol. The molecule has 0 amide bonds. The molecule has 0 saturated carbocycles. The molecule has 2 atom stereocenters. The lowest BCUT2D eigenvalue weighted by Crippen LogP contribution is -2.37. The van der Waals surface area contributed by atoms with Crippen LogP contribution in [0.15, 0.2) is 36.4 Å². The Morgan fingerprint density at radius 1 is 0.893 bits per heavy atom. The number of rotatable bonds is 9. The summed E-state index contributed by atoms with van der Waals surface area (Å²) >= 11 is 0. The second kappa shape index (κ2) is 9.20. The van der Waals surface area contributed by atoms with Crippen molar-refractivity contribution in [3.8, 4) is 11.5 Å². The standard InChI is InChI=1S/C20H24N2O6/c1-11-4-3-5-15(24)16(11)18(20(27)28)22-9-8-21-17(19(25)26)14-7-6-13(23)10-12(14)2/h3-7,10,17-18,21-24H,8-9H2,1-2H3,(H,25,26)(H,27,28). The number of phenols is 2. The van der Waals surface area contributed by atoms with E-state index >= 15 is 0 Å². The highest BCUT2D eigenvalue weighted by Gasteiger charge is 2.25. The lowest BCUT2D eigenvalue weighted by molar-refractivity contribution is -0.141. The second-order valence-corrected chi connectivity index (χ2v) is 6.50. The van der Waals surface area contributed by atoms with Crippen molar-refractivity contribution in [1.82, 2.24) is 10.6 Å². The van der Waals surface area contributed by atoms with Crippen LogP contribution in [0.3, 0.4) is 0 Å². The van der Waals surface area contributed by atoms with Gasteiger partial charge in [-0.05, 0) is 48.7 Å². The van der Waals surface area contributed by atoms with Crippen molar-refractivity contribution in [3.05, 3.63) is 58.7 Å². The van der Waals surface area contributed by atoms with Gasteiger partial charge in [0.2, 0.25) is 0 Å². The molecule has 0 aromatic heterocycles. The predicted molar refractivity (Wildman–Crippen MR) is 102 cm³/mol. The van der Waals surface area contributed by atoms with Crippen molar-refractivity contribution in [1.29, 1.82) is 0 Å². The van der Waals surface area contributed by atoms with Gasteiger partial charge in [-0.2, -0.15) is 0 Å². The quantitative estimate of drug-likeness (QED) is 0.358. The van der Waals surface area contributed by atoms with Gasteiger partial charge in [-0.1, -0.05) is 18.2 Å². The molecule has 28 heavy (non-hydrogen) atoms. The van der Waals surface area contributed by atoms with E-state index in [-0.39, 0.29) is 30.2 Å². The summed E-state index contributed by atoms with van der Waals surface area (Å²) in [5.74, 6) is -2.29. The minimum absolute atomic E-state index is 0.0504. The first-order valence-electron chi connectivity index (χ1n) is 8.72. The molecular formula is C20H24N2O6. The summed E-state index contributed by atoms with van der Waals surface area (Å²) < 4.78 is 0. The summed E-state index contributed by atoms with van der Waals surface area (Å²) in [5.41, 5.74) is 2.05. The zero-order chi connectivity index (χ0) is 20.8. The van der Waals surface area contributed by atoms with Gasteiger partial charge in [0.15, 0.2) is 0 Å². The molecule has 0 radical (unpaired) electrons. The van der Waals surface area contributed by atoms with E-state index in [1.807, 2.05) is 0 Å². The number of carboxylic acid groups (broad SMARTS) is 2. The number of hydrogen-bond acceptors (Lipinski definition) is 6. The molecule has 0 fully saturated rings. The van der Waals surface area contributed by atoms with E-state index in [2.05, 4.69) is 10.6 Å². The molecule has 150 valence electrons. The predicted octanol–water partition coefficient (Wildman–Crippen LogP) is 1.85. The van der Waals surface area contributed by atoms with E-state index in [1.165, 1.54) is 24.3 Å². The number of carboxylic acids is 2. The molecule has 0 heterocycles. The van der Waals surface area contributed by atoms with E-state index in [0.29, 0.717) is 16.7 Å². The highest BCUT2D eigenvalue weighted by atomic mass is 16.4. The Kier molecular flexibility index (Phi) is 6.97. The van der Waals surface area contributed by atoms with E-state index in [4.69, 9.17) is 0 Å². The van der Waals surface area contributed by atoms with Crippen LogP contribution in [0.4, 0.5) is 0 Å².